The lowest BCUT2D eigenvalue weighted by Gasteiger charge is -2.17. The van der Waals surface area contributed by atoms with Gasteiger partial charge >= 0.3 is 0 Å². The molecular weight excluding hydrogens is 538 g/mol. The SMILES string of the molecule is C=C1CC(C)C(=O)N1CCCC(=O)NCC(=O)NCC(=O)NCC(=O)NCCC(=O)NCCN1C(=O)CC(C)C1=O. The summed E-state index contributed by atoms with van der Waals surface area (Å²) < 4.78 is 0. The van der Waals surface area contributed by atoms with Crippen molar-refractivity contribution in [2.45, 2.75) is 46.0 Å². The van der Waals surface area contributed by atoms with Gasteiger partial charge in [0, 0.05) is 63.0 Å². The summed E-state index contributed by atoms with van der Waals surface area (Å²) in [5, 5.41) is 12.1. The third-order valence-corrected chi connectivity index (χ3v) is 6.54. The molecule has 0 aromatic rings. The highest BCUT2D eigenvalue weighted by Crippen LogP contribution is 2.26. The van der Waals surface area contributed by atoms with Crippen LogP contribution in [0.5, 0.6) is 0 Å². The van der Waals surface area contributed by atoms with Gasteiger partial charge < -0.3 is 31.5 Å². The molecule has 2 heterocycles. The van der Waals surface area contributed by atoms with Crippen molar-refractivity contribution in [3.05, 3.63) is 12.3 Å². The predicted molar refractivity (Wildman–Crippen MR) is 144 cm³/mol. The molecular formula is C26H39N7O8. The second-order valence-corrected chi connectivity index (χ2v) is 10.0. The van der Waals surface area contributed by atoms with Gasteiger partial charge in [-0.05, 0) is 12.8 Å². The summed E-state index contributed by atoms with van der Waals surface area (Å²) in [6.45, 7) is 6.86. The molecule has 2 atom stereocenters. The Hall–Kier alpha value is -4.30. The van der Waals surface area contributed by atoms with Gasteiger partial charge in [0.2, 0.25) is 47.3 Å². The molecule has 15 nitrogen and oxygen atoms in total. The van der Waals surface area contributed by atoms with E-state index in [1.807, 2.05) is 6.92 Å². The van der Waals surface area contributed by atoms with Gasteiger partial charge in [0.05, 0.1) is 19.6 Å². The Kier molecular flexibility index (Phi) is 12.9. The van der Waals surface area contributed by atoms with Crippen molar-refractivity contribution in [2.75, 3.05) is 45.8 Å². The largest absolute Gasteiger partial charge is 0.354 e. The number of carbonyl (C=O) groups is 8. The molecule has 0 bridgehead atoms. The average molecular weight is 578 g/mol. The van der Waals surface area contributed by atoms with Gasteiger partial charge in [-0.3, -0.25) is 43.3 Å². The van der Waals surface area contributed by atoms with E-state index in [4.69, 9.17) is 0 Å². The lowest BCUT2D eigenvalue weighted by molar-refractivity contribution is -0.139. The summed E-state index contributed by atoms with van der Waals surface area (Å²) in [6, 6.07) is 0. The van der Waals surface area contributed by atoms with Gasteiger partial charge in [0.25, 0.3) is 0 Å². The summed E-state index contributed by atoms with van der Waals surface area (Å²) in [5.74, 6) is -3.48. The second-order valence-electron chi connectivity index (χ2n) is 10.0. The third-order valence-electron chi connectivity index (χ3n) is 6.54. The molecule has 15 heteroatoms. The first-order valence-corrected chi connectivity index (χ1v) is 13.6. The Morgan fingerprint density at radius 1 is 0.659 bits per heavy atom. The number of amides is 8. The minimum Gasteiger partial charge on any atom is -0.354 e. The molecule has 2 unspecified atom stereocenters. The van der Waals surface area contributed by atoms with E-state index in [0.717, 1.165) is 10.6 Å². The number of hydrogen-bond acceptors (Lipinski definition) is 8. The quantitative estimate of drug-likeness (QED) is 0.124. The van der Waals surface area contributed by atoms with Crippen molar-refractivity contribution in [1.29, 1.82) is 0 Å². The van der Waals surface area contributed by atoms with Gasteiger partial charge in [-0.25, -0.2) is 0 Å². The van der Waals surface area contributed by atoms with Gasteiger partial charge in [-0.15, -0.1) is 0 Å². The van der Waals surface area contributed by atoms with Crippen LogP contribution < -0.4 is 26.6 Å². The minimum atomic E-state index is -0.623. The fourth-order valence-electron chi connectivity index (χ4n) is 4.25. The van der Waals surface area contributed by atoms with Gasteiger partial charge in [0.1, 0.15) is 0 Å². The van der Waals surface area contributed by atoms with Crippen LogP contribution >= 0.6 is 0 Å². The summed E-state index contributed by atoms with van der Waals surface area (Å²) in [7, 11) is 0. The van der Waals surface area contributed by atoms with E-state index in [2.05, 4.69) is 33.2 Å². The topological polar surface area (TPSA) is 203 Å². The Balaban J connectivity index is 1.47. The Bertz CT molecular complexity index is 1080. The first kappa shape index (κ1) is 32.9. The molecule has 0 spiro atoms. The van der Waals surface area contributed by atoms with Crippen molar-refractivity contribution in [1.82, 2.24) is 36.4 Å². The van der Waals surface area contributed by atoms with E-state index >= 15 is 0 Å². The Morgan fingerprint density at radius 2 is 1.15 bits per heavy atom. The van der Waals surface area contributed by atoms with Crippen molar-refractivity contribution in [3.63, 3.8) is 0 Å². The van der Waals surface area contributed by atoms with Gasteiger partial charge in [0.15, 0.2) is 0 Å². The van der Waals surface area contributed by atoms with Crippen LogP contribution in [0.4, 0.5) is 0 Å². The number of hydrogen-bond donors (Lipinski definition) is 5. The maximum atomic E-state index is 12.0. The lowest BCUT2D eigenvalue weighted by atomic mass is 10.1. The van der Waals surface area contributed by atoms with Crippen molar-refractivity contribution < 1.29 is 38.4 Å². The first-order valence-electron chi connectivity index (χ1n) is 13.6. The summed E-state index contributed by atoms with van der Waals surface area (Å²) in [4.78, 5) is 97.6. The number of nitrogens with zero attached hydrogens (tertiary/aromatic N) is 2. The number of allylic oxidation sites excluding steroid dienone is 1. The maximum Gasteiger partial charge on any atom is 0.239 e. The second kappa shape index (κ2) is 16.1. The lowest BCUT2D eigenvalue weighted by Crippen LogP contribution is -2.44. The number of rotatable bonds is 16. The Labute approximate surface area is 238 Å². The number of carbonyl (C=O) groups excluding carboxylic acids is 8. The van der Waals surface area contributed by atoms with E-state index in [1.165, 1.54) is 0 Å². The zero-order chi connectivity index (χ0) is 30.5. The predicted octanol–water partition coefficient (Wildman–Crippen LogP) is -2.49. The Morgan fingerprint density at radius 3 is 1.68 bits per heavy atom. The molecule has 2 aliphatic rings. The first-order chi connectivity index (χ1) is 19.4. The molecule has 2 saturated heterocycles. The summed E-state index contributed by atoms with van der Waals surface area (Å²) in [5.41, 5.74) is 0.736. The normalized spacial score (nSPS) is 18.4. The van der Waals surface area contributed by atoms with Crippen molar-refractivity contribution in [3.8, 4) is 0 Å². The maximum absolute atomic E-state index is 12.0. The highest BCUT2D eigenvalue weighted by atomic mass is 16.2. The number of likely N-dealkylation sites (tertiary alicyclic amines) is 2. The van der Waals surface area contributed by atoms with Gasteiger partial charge in [-0.2, -0.15) is 0 Å². The van der Waals surface area contributed by atoms with Crippen molar-refractivity contribution in [2.24, 2.45) is 11.8 Å². The van der Waals surface area contributed by atoms with Gasteiger partial charge in [-0.1, -0.05) is 20.4 Å². The minimum absolute atomic E-state index is 0.00717. The standard InChI is InChI=1S/C26H39N7O8/c1-16-11-18(3)32(25(16)40)9-4-5-19(34)29-14-22(37)31-15-23(38)30-13-21(36)27-7-6-20(35)28-8-10-33-24(39)12-17(2)26(33)41/h16-17H,3-15H2,1-2H3,(H,27,36)(H,28,35)(H,29,34)(H,30,38)(H,31,37). The van der Waals surface area contributed by atoms with Crippen LogP contribution in [0.2, 0.25) is 0 Å². The van der Waals surface area contributed by atoms with Crippen LogP contribution in [-0.4, -0.2) is 103 Å². The van der Waals surface area contributed by atoms with Crippen LogP contribution in [0.25, 0.3) is 0 Å². The molecule has 0 saturated carbocycles. The molecule has 2 fully saturated rings. The highest BCUT2D eigenvalue weighted by Gasteiger charge is 2.35. The molecule has 0 aromatic carbocycles. The van der Waals surface area contributed by atoms with Crippen molar-refractivity contribution >= 4 is 47.3 Å². The molecule has 5 N–H and O–H groups in total. The zero-order valence-electron chi connectivity index (χ0n) is 23.5. The average Bonchev–Trinajstić information content (AvgIpc) is 3.31. The van der Waals surface area contributed by atoms with E-state index in [0.29, 0.717) is 19.4 Å². The smallest absolute Gasteiger partial charge is 0.239 e. The summed E-state index contributed by atoms with van der Waals surface area (Å²) >= 11 is 0. The van der Waals surface area contributed by atoms with E-state index < -0.39 is 24.3 Å². The van der Waals surface area contributed by atoms with E-state index in [9.17, 15) is 38.4 Å². The summed E-state index contributed by atoms with van der Waals surface area (Å²) in [6.07, 6.45) is 1.28. The molecule has 0 aliphatic carbocycles. The molecule has 226 valence electrons. The fraction of sp³-hybridized carbons (Fsp3) is 0.615. The number of imide groups is 1. The van der Waals surface area contributed by atoms with E-state index in [-0.39, 0.29) is 93.4 Å². The molecule has 0 radical (unpaired) electrons. The van der Waals surface area contributed by atoms with Crippen LogP contribution in [0, 0.1) is 11.8 Å². The monoisotopic (exact) mass is 577 g/mol. The third kappa shape index (κ3) is 11.0. The van der Waals surface area contributed by atoms with Crippen LogP contribution in [0.1, 0.15) is 46.0 Å². The zero-order valence-corrected chi connectivity index (χ0v) is 23.5. The molecule has 2 aliphatic heterocycles. The highest BCUT2D eigenvalue weighted by molar-refractivity contribution is 6.03. The van der Waals surface area contributed by atoms with Crippen LogP contribution in [0.15, 0.2) is 12.3 Å². The molecule has 41 heavy (non-hydrogen) atoms. The molecule has 2 rings (SSSR count). The van der Waals surface area contributed by atoms with Crippen LogP contribution in [0.3, 0.4) is 0 Å². The fourth-order valence-corrected chi connectivity index (χ4v) is 4.25. The number of nitrogens with one attached hydrogen (secondary N) is 5. The van der Waals surface area contributed by atoms with Crippen LogP contribution in [-0.2, 0) is 38.4 Å². The molecule has 8 amide bonds. The molecule has 0 aromatic heterocycles. The van der Waals surface area contributed by atoms with E-state index in [1.54, 1.807) is 11.8 Å².